The second-order valence-corrected chi connectivity index (χ2v) is 6.56. The topological polar surface area (TPSA) is 139 Å². The quantitative estimate of drug-likeness (QED) is 0.296. The lowest BCUT2D eigenvalue weighted by molar-refractivity contribution is -0.384. The maximum Gasteiger partial charge on any atom is 0.335 e. The zero-order chi connectivity index (χ0) is 23.1. The van der Waals surface area contributed by atoms with Crippen molar-refractivity contribution >= 4 is 35.2 Å². The van der Waals surface area contributed by atoms with E-state index in [0.717, 1.165) is 0 Å². The summed E-state index contributed by atoms with van der Waals surface area (Å²) in [6, 6.07) is 19.2. The molecule has 0 aromatic heterocycles. The number of nitrogens with zero attached hydrogens (tertiary/aromatic N) is 1. The minimum Gasteiger partial charge on any atom is -0.478 e. The average Bonchev–Trinajstić information content (AvgIpc) is 2.79. The fraction of sp³-hybridized carbons (Fsp3) is 0. The van der Waals surface area contributed by atoms with Gasteiger partial charge in [-0.15, -0.1) is 0 Å². The monoisotopic (exact) mass is 431 g/mol. The van der Waals surface area contributed by atoms with Gasteiger partial charge in [0.05, 0.1) is 10.5 Å². The number of hydrogen-bond acceptors (Lipinski definition) is 5. The Morgan fingerprint density at radius 1 is 0.844 bits per heavy atom. The third-order valence-corrected chi connectivity index (χ3v) is 4.33. The number of nitrogens with one attached hydrogen (secondary N) is 2. The van der Waals surface area contributed by atoms with Gasteiger partial charge in [-0.3, -0.25) is 19.7 Å². The molecule has 0 radical (unpaired) electrons. The van der Waals surface area contributed by atoms with Gasteiger partial charge in [0.15, 0.2) is 0 Å². The predicted octanol–water partition coefficient (Wildman–Crippen LogP) is 3.70. The van der Waals surface area contributed by atoms with Gasteiger partial charge in [0.25, 0.3) is 17.5 Å². The molecule has 0 unspecified atom stereocenters. The number of benzene rings is 3. The number of carboxylic acids is 1. The number of carbonyl (C=O) groups excluding carboxylic acids is 2. The van der Waals surface area contributed by atoms with Crippen molar-refractivity contribution in [3.8, 4) is 0 Å². The first-order valence-corrected chi connectivity index (χ1v) is 9.31. The van der Waals surface area contributed by atoms with Crippen LogP contribution in [0, 0.1) is 10.1 Å². The maximum atomic E-state index is 12.9. The second kappa shape index (κ2) is 9.81. The molecular weight excluding hydrogens is 414 g/mol. The summed E-state index contributed by atoms with van der Waals surface area (Å²) in [5.41, 5.74) is 0.955. The fourth-order valence-electron chi connectivity index (χ4n) is 2.70. The first-order chi connectivity index (χ1) is 15.3. The number of rotatable bonds is 7. The molecule has 2 amide bonds. The Balaban J connectivity index is 1.87. The first-order valence-electron chi connectivity index (χ1n) is 9.31. The van der Waals surface area contributed by atoms with Gasteiger partial charge in [-0.25, -0.2) is 4.79 Å². The molecule has 0 aliphatic rings. The van der Waals surface area contributed by atoms with Gasteiger partial charge in [0.1, 0.15) is 5.70 Å². The number of carbonyl (C=O) groups is 3. The Kier molecular flexibility index (Phi) is 6.72. The minimum atomic E-state index is -1.10. The van der Waals surface area contributed by atoms with Crippen LogP contribution >= 0.6 is 0 Å². The van der Waals surface area contributed by atoms with Crippen molar-refractivity contribution in [1.82, 2.24) is 5.32 Å². The van der Waals surface area contributed by atoms with Crippen molar-refractivity contribution in [2.24, 2.45) is 0 Å². The Morgan fingerprint density at radius 2 is 1.47 bits per heavy atom. The van der Waals surface area contributed by atoms with Crippen molar-refractivity contribution in [2.75, 3.05) is 5.32 Å². The summed E-state index contributed by atoms with van der Waals surface area (Å²) < 4.78 is 0. The molecule has 3 aromatic carbocycles. The number of amides is 2. The van der Waals surface area contributed by atoms with Gasteiger partial charge >= 0.3 is 5.97 Å². The number of nitro groups is 1. The molecule has 3 rings (SSSR count). The van der Waals surface area contributed by atoms with E-state index in [4.69, 9.17) is 5.11 Å². The number of nitro benzene ring substituents is 1. The molecule has 0 bridgehead atoms. The highest BCUT2D eigenvalue weighted by Crippen LogP contribution is 2.16. The summed E-state index contributed by atoms with van der Waals surface area (Å²) in [6.45, 7) is 0. The molecule has 0 heterocycles. The van der Waals surface area contributed by atoms with Crippen LogP contribution in [0.1, 0.15) is 26.3 Å². The summed E-state index contributed by atoms with van der Waals surface area (Å²) in [4.78, 5) is 46.7. The third-order valence-electron chi connectivity index (χ3n) is 4.33. The molecule has 0 spiro atoms. The summed E-state index contributed by atoms with van der Waals surface area (Å²) in [5, 5.41) is 25.0. The van der Waals surface area contributed by atoms with Crippen molar-refractivity contribution in [2.45, 2.75) is 0 Å². The lowest BCUT2D eigenvalue weighted by Crippen LogP contribution is -2.30. The molecule has 0 aliphatic carbocycles. The molecule has 0 fully saturated rings. The molecule has 0 saturated heterocycles. The zero-order valence-electron chi connectivity index (χ0n) is 16.5. The highest BCUT2D eigenvalue weighted by atomic mass is 16.6. The standard InChI is InChI=1S/C23H17N3O6/c27-21(16-4-2-1-3-5-16)25-20(14-15-6-12-19(13-7-15)26(31)32)22(28)24-18-10-8-17(9-11-18)23(29)30/h1-14H,(H,24,28)(H,25,27)(H,29,30). The average molecular weight is 431 g/mol. The van der Waals surface area contributed by atoms with Crippen LogP contribution in [0.25, 0.3) is 6.08 Å². The smallest absolute Gasteiger partial charge is 0.335 e. The van der Waals surface area contributed by atoms with Gasteiger partial charge in [-0.1, -0.05) is 18.2 Å². The molecule has 3 aromatic rings. The van der Waals surface area contributed by atoms with Crippen LogP contribution in [-0.2, 0) is 4.79 Å². The Morgan fingerprint density at radius 3 is 2.03 bits per heavy atom. The fourth-order valence-corrected chi connectivity index (χ4v) is 2.70. The van der Waals surface area contributed by atoms with E-state index in [1.165, 1.54) is 54.6 Å². The Hall–Kier alpha value is -4.79. The lowest BCUT2D eigenvalue weighted by Gasteiger charge is -2.11. The molecule has 9 nitrogen and oxygen atoms in total. The minimum absolute atomic E-state index is 0.0574. The zero-order valence-corrected chi connectivity index (χ0v) is 16.5. The first kappa shape index (κ1) is 21.9. The molecule has 9 heteroatoms. The van der Waals surface area contributed by atoms with E-state index in [1.807, 2.05) is 0 Å². The number of anilines is 1. The van der Waals surface area contributed by atoms with E-state index in [2.05, 4.69) is 10.6 Å². The van der Waals surface area contributed by atoms with Crippen LogP contribution in [0.5, 0.6) is 0 Å². The number of non-ortho nitro benzene ring substituents is 1. The third kappa shape index (κ3) is 5.63. The van der Waals surface area contributed by atoms with E-state index in [-0.39, 0.29) is 16.9 Å². The number of carboxylic acid groups (broad SMARTS) is 1. The molecule has 3 N–H and O–H groups in total. The van der Waals surface area contributed by atoms with Crippen molar-refractivity contribution in [3.63, 3.8) is 0 Å². The molecule has 0 aliphatic heterocycles. The summed E-state index contributed by atoms with van der Waals surface area (Å²) in [6.07, 6.45) is 1.38. The maximum absolute atomic E-state index is 12.9. The lowest BCUT2D eigenvalue weighted by atomic mass is 10.1. The van der Waals surface area contributed by atoms with Crippen LogP contribution in [0.2, 0.25) is 0 Å². The largest absolute Gasteiger partial charge is 0.478 e. The van der Waals surface area contributed by atoms with E-state index in [0.29, 0.717) is 16.8 Å². The molecule has 0 saturated carbocycles. The highest BCUT2D eigenvalue weighted by molar-refractivity contribution is 6.10. The van der Waals surface area contributed by atoms with Crippen molar-refractivity contribution in [3.05, 3.63) is 111 Å². The van der Waals surface area contributed by atoms with Gasteiger partial charge < -0.3 is 15.7 Å². The molecule has 0 atom stereocenters. The summed E-state index contributed by atoms with van der Waals surface area (Å²) in [5.74, 6) is -2.28. The van der Waals surface area contributed by atoms with Crippen LogP contribution in [0.15, 0.2) is 84.6 Å². The molecule has 32 heavy (non-hydrogen) atoms. The SMILES string of the molecule is O=C(Nc1ccc(C(=O)O)cc1)C(=Cc1ccc([N+](=O)[O-])cc1)NC(=O)c1ccccc1. The Labute approximate surface area is 182 Å². The van der Waals surface area contributed by atoms with E-state index in [9.17, 15) is 24.5 Å². The number of hydrogen-bond donors (Lipinski definition) is 3. The van der Waals surface area contributed by atoms with Gasteiger partial charge in [0.2, 0.25) is 0 Å². The number of aromatic carboxylic acids is 1. The Bertz CT molecular complexity index is 1190. The molecule has 160 valence electrons. The molecular formula is C23H17N3O6. The van der Waals surface area contributed by atoms with Crippen LogP contribution in [0.3, 0.4) is 0 Å². The van der Waals surface area contributed by atoms with Crippen LogP contribution in [0.4, 0.5) is 11.4 Å². The van der Waals surface area contributed by atoms with Crippen molar-refractivity contribution in [1.29, 1.82) is 0 Å². The van der Waals surface area contributed by atoms with Gasteiger partial charge in [-0.2, -0.15) is 0 Å². The van der Waals surface area contributed by atoms with Gasteiger partial charge in [0, 0.05) is 23.4 Å². The van der Waals surface area contributed by atoms with Crippen LogP contribution < -0.4 is 10.6 Å². The van der Waals surface area contributed by atoms with E-state index >= 15 is 0 Å². The van der Waals surface area contributed by atoms with E-state index in [1.54, 1.807) is 30.3 Å². The summed E-state index contributed by atoms with van der Waals surface area (Å²) >= 11 is 0. The second-order valence-electron chi connectivity index (χ2n) is 6.56. The predicted molar refractivity (Wildman–Crippen MR) is 117 cm³/mol. The van der Waals surface area contributed by atoms with Crippen LogP contribution in [-0.4, -0.2) is 27.8 Å². The van der Waals surface area contributed by atoms with Crippen molar-refractivity contribution < 1.29 is 24.4 Å². The highest BCUT2D eigenvalue weighted by Gasteiger charge is 2.16. The normalized spacial score (nSPS) is 10.8. The summed E-state index contributed by atoms with van der Waals surface area (Å²) in [7, 11) is 0. The van der Waals surface area contributed by atoms with Gasteiger partial charge in [-0.05, 0) is 60.2 Å². The van der Waals surface area contributed by atoms with E-state index < -0.39 is 22.7 Å².